The zero-order chi connectivity index (χ0) is 37.6. The van der Waals surface area contributed by atoms with Crippen LogP contribution >= 0.6 is 23.2 Å². The number of hydrogen-bond donors (Lipinski definition) is 4. The summed E-state index contributed by atoms with van der Waals surface area (Å²) in [5, 5.41) is 13.9. The predicted octanol–water partition coefficient (Wildman–Crippen LogP) is 11.6. The Hall–Kier alpha value is -4.07. The fraction of sp³-hybridized carbons (Fsp3) is 0.432. The third-order valence-corrected chi connectivity index (χ3v) is 11.0. The highest BCUT2D eigenvalue weighted by Crippen LogP contribution is 2.37. The predicted molar refractivity (Wildman–Crippen MR) is 219 cm³/mol. The first-order valence-corrected chi connectivity index (χ1v) is 20.2. The van der Waals surface area contributed by atoms with Gasteiger partial charge >= 0.3 is 12.1 Å². The number of carbonyl (C=O) groups excluding carboxylic acids is 2. The molecule has 282 valence electrons. The molecule has 0 radical (unpaired) electrons. The van der Waals surface area contributed by atoms with E-state index in [0.717, 1.165) is 66.7 Å². The number of amides is 4. The Bertz CT molecular complexity index is 1770. The van der Waals surface area contributed by atoms with Crippen LogP contribution in [0.4, 0.5) is 15.3 Å². The molecule has 0 bridgehead atoms. The van der Waals surface area contributed by atoms with Crippen LogP contribution in [-0.4, -0.2) is 23.1 Å². The van der Waals surface area contributed by atoms with Crippen molar-refractivity contribution in [3.63, 3.8) is 0 Å². The van der Waals surface area contributed by atoms with E-state index in [1.54, 1.807) is 12.4 Å². The Morgan fingerprint density at radius 1 is 0.679 bits per heavy atom. The van der Waals surface area contributed by atoms with Gasteiger partial charge in [-0.3, -0.25) is 4.98 Å². The van der Waals surface area contributed by atoms with Gasteiger partial charge in [-0.1, -0.05) is 111 Å². The summed E-state index contributed by atoms with van der Waals surface area (Å²) in [6.45, 7) is 5.95. The van der Waals surface area contributed by atoms with Crippen LogP contribution in [0.3, 0.4) is 0 Å². The molecule has 2 saturated carbocycles. The average Bonchev–Trinajstić information content (AvgIpc) is 3.90. The molecule has 2 fully saturated rings. The van der Waals surface area contributed by atoms with E-state index in [1.165, 1.54) is 36.8 Å². The zero-order valence-corrected chi connectivity index (χ0v) is 32.9. The summed E-state index contributed by atoms with van der Waals surface area (Å²) in [7, 11) is 0. The minimum absolute atomic E-state index is 0.0241. The van der Waals surface area contributed by atoms with E-state index in [9.17, 15) is 9.59 Å². The number of rotatable bonds is 8. The number of halogens is 2. The van der Waals surface area contributed by atoms with Gasteiger partial charge in [0.2, 0.25) is 0 Å². The molecule has 9 heteroatoms. The van der Waals surface area contributed by atoms with Gasteiger partial charge < -0.3 is 21.3 Å². The molecule has 0 saturated heterocycles. The Morgan fingerprint density at radius 2 is 1.23 bits per heavy atom. The van der Waals surface area contributed by atoms with E-state index >= 15 is 0 Å². The Morgan fingerprint density at radius 3 is 1.77 bits per heavy atom. The number of anilines is 1. The molecule has 0 aliphatic heterocycles. The quantitative estimate of drug-likeness (QED) is 0.144. The highest BCUT2D eigenvalue weighted by molar-refractivity contribution is 6.30. The Kier molecular flexibility index (Phi) is 15.4. The second-order valence-electron chi connectivity index (χ2n) is 14.3. The molecule has 7 rings (SSSR count). The summed E-state index contributed by atoms with van der Waals surface area (Å²) in [4.78, 5) is 29.4. The van der Waals surface area contributed by atoms with Crippen LogP contribution in [0, 0.1) is 18.8 Å². The first-order chi connectivity index (χ1) is 25.8. The van der Waals surface area contributed by atoms with Crippen molar-refractivity contribution in [3.05, 3.63) is 129 Å². The number of aryl methyl sites for hydroxylation is 2. The number of urea groups is 2. The number of aromatic nitrogens is 1. The van der Waals surface area contributed by atoms with Gasteiger partial charge in [-0.2, -0.15) is 0 Å². The number of hydrogen-bond acceptors (Lipinski definition) is 3. The third-order valence-electron chi connectivity index (χ3n) is 10.5. The SMILES string of the molecule is CC.Cc1cncc(NC(=O)NC(c2cccc(Cl)c2)C2CCCC2)c1.O=C(NC1CCc2ccccc2C1)NC(c1cccc(Cl)c1)C1CCCC1. The van der Waals surface area contributed by atoms with Crippen molar-refractivity contribution < 1.29 is 9.59 Å². The van der Waals surface area contributed by atoms with Gasteiger partial charge in [-0.25, -0.2) is 9.59 Å². The van der Waals surface area contributed by atoms with Gasteiger partial charge in [0.15, 0.2) is 0 Å². The summed E-state index contributed by atoms with van der Waals surface area (Å²) in [6.07, 6.45) is 15.8. The van der Waals surface area contributed by atoms with Crippen molar-refractivity contribution in [1.82, 2.24) is 20.9 Å². The second-order valence-corrected chi connectivity index (χ2v) is 15.2. The lowest BCUT2D eigenvalue weighted by atomic mass is 9.88. The largest absolute Gasteiger partial charge is 0.335 e. The third kappa shape index (κ3) is 12.0. The van der Waals surface area contributed by atoms with E-state index in [0.29, 0.717) is 22.5 Å². The number of nitrogens with one attached hydrogen (secondary N) is 4. The molecule has 53 heavy (non-hydrogen) atoms. The number of carbonyl (C=O) groups is 2. The summed E-state index contributed by atoms with van der Waals surface area (Å²) < 4.78 is 0. The summed E-state index contributed by atoms with van der Waals surface area (Å²) >= 11 is 12.4. The van der Waals surface area contributed by atoms with Crippen molar-refractivity contribution >= 4 is 41.0 Å². The van der Waals surface area contributed by atoms with Gasteiger partial charge in [0.05, 0.1) is 24.0 Å². The maximum Gasteiger partial charge on any atom is 0.319 e. The maximum absolute atomic E-state index is 12.8. The smallest absolute Gasteiger partial charge is 0.319 e. The van der Waals surface area contributed by atoms with E-state index < -0.39 is 0 Å². The standard InChI is InChI=1S/C23H27ClN2O.C19H22ClN3O.C2H6/c24-20-11-5-10-19(14-20)22(17-7-2-3-8-17)26-23(27)25-21-13-12-16-6-1-4-9-18(16)15-21;1-13-9-17(12-21-11-13)22-19(24)23-18(14-5-2-3-6-14)15-7-4-8-16(20)10-15;1-2/h1,4-6,9-11,14,17,21-22H,2-3,7-8,12-13,15H2,(H2,25,26,27);4,7-12,14,18H,2-3,5-6H2,1H3,(H2,22,23,24);1-2H3. The molecule has 4 aromatic rings. The molecule has 3 aliphatic rings. The molecule has 1 aromatic heterocycles. The van der Waals surface area contributed by atoms with E-state index in [2.05, 4.69) is 56.6 Å². The molecular formula is C44H55Cl2N5O2. The molecule has 3 aromatic carbocycles. The fourth-order valence-corrected chi connectivity index (χ4v) is 8.45. The topological polar surface area (TPSA) is 95.2 Å². The lowest BCUT2D eigenvalue weighted by molar-refractivity contribution is 0.226. The first kappa shape index (κ1) is 40.1. The zero-order valence-electron chi connectivity index (χ0n) is 31.3. The van der Waals surface area contributed by atoms with E-state index in [4.69, 9.17) is 23.2 Å². The average molecular weight is 757 g/mol. The van der Waals surface area contributed by atoms with Crippen LogP contribution in [0.1, 0.15) is 112 Å². The van der Waals surface area contributed by atoms with Crippen LogP contribution in [-0.2, 0) is 12.8 Å². The summed E-state index contributed by atoms with van der Waals surface area (Å²) in [5.41, 5.74) is 6.65. The normalized spacial score (nSPS) is 17.9. The number of pyridine rings is 1. The van der Waals surface area contributed by atoms with Crippen LogP contribution in [0.2, 0.25) is 10.0 Å². The molecular weight excluding hydrogens is 701 g/mol. The Balaban J connectivity index is 0.000000197. The molecule has 3 aliphatic carbocycles. The van der Waals surface area contributed by atoms with Gasteiger partial charge in [-0.15, -0.1) is 0 Å². The van der Waals surface area contributed by atoms with Gasteiger partial charge in [0, 0.05) is 22.3 Å². The van der Waals surface area contributed by atoms with E-state index in [-0.39, 0.29) is 30.2 Å². The first-order valence-electron chi connectivity index (χ1n) is 19.4. The van der Waals surface area contributed by atoms with E-state index in [1.807, 2.05) is 69.3 Å². The fourth-order valence-electron chi connectivity index (χ4n) is 8.05. The molecule has 4 N–H and O–H groups in total. The molecule has 4 amide bonds. The molecule has 3 unspecified atom stereocenters. The van der Waals surface area contributed by atoms with Crippen molar-refractivity contribution in [2.75, 3.05) is 5.32 Å². The highest BCUT2D eigenvalue weighted by Gasteiger charge is 2.30. The van der Waals surface area contributed by atoms with Crippen molar-refractivity contribution in [3.8, 4) is 0 Å². The number of benzene rings is 3. The summed E-state index contributed by atoms with van der Waals surface area (Å²) in [6, 6.07) is 26.1. The lowest BCUT2D eigenvalue weighted by Gasteiger charge is -2.29. The lowest BCUT2D eigenvalue weighted by Crippen LogP contribution is -2.46. The number of nitrogens with zero attached hydrogens (tertiary/aromatic N) is 1. The van der Waals surface area contributed by atoms with Crippen LogP contribution in [0.15, 0.2) is 91.3 Å². The number of fused-ring (bicyclic) bond motifs is 1. The van der Waals surface area contributed by atoms with Crippen LogP contribution < -0.4 is 21.3 Å². The van der Waals surface area contributed by atoms with Gasteiger partial charge in [0.25, 0.3) is 0 Å². The summed E-state index contributed by atoms with van der Waals surface area (Å²) in [5.74, 6) is 0.936. The van der Waals surface area contributed by atoms with Gasteiger partial charge in [0.1, 0.15) is 0 Å². The molecule has 3 atom stereocenters. The van der Waals surface area contributed by atoms with Crippen molar-refractivity contribution in [1.29, 1.82) is 0 Å². The molecule has 1 heterocycles. The molecule has 7 nitrogen and oxygen atoms in total. The second kappa shape index (κ2) is 20.4. The van der Waals surface area contributed by atoms with Gasteiger partial charge in [-0.05, 0) is 122 Å². The van der Waals surface area contributed by atoms with Crippen LogP contribution in [0.5, 0.6) is 0 Å². The monoisotopic (exact) mass is 755 g/mol. The Labute approximate surface area is 326 Å². The molecule has 0 spiro atoms. The van der Waals surface area contributed by atoms with Crippen molar-refractivity contribution in [2.45, 2.75) is 110 Å². The minimum Gasteiger partial charge on any atom is -0.335 e. The maximum atomic E-state index is 12.8. The van der Waals surface area contributed by atoms with Crippen molar-refractivity contribution in [2.24, 2.45) is 11.8 Å². The minimum atomic E-state index is -0.209. The van der Waals surface area contributed by atoms with Crippen LogP contribution in [0.25, 0.3) is 0 Å². The highest BCUT2D eigenvalue weighted by atomic mass is 35.5.